The SMILES string of the molecule is Cc1sc(C(=O)Nc2cc(Cl)cc(NS(C)(=O)=O)c2)cc1-c1ncc(OC(C)CO)cn1. The van der Waals surface area contributed by atoms with Crippen molar-refractivity contribution in [3.63, 3.8) is 0 Å². The number of carbonyl (C=O) groups is 1. The van der Waals surface area contributed by atoms with Crippen LogP contribution < -0.4 is 14.8 Å². The van der Waals surface area contributed by atoms with Crippen LogP contribution in [0.2, 0.25) is 5.02 Å². The van der Waals surface area contributed by atoms with Crippen molar-refractivity contribution in [1.29, 1.82) is 0 Å². The molecule has 1 atom stereocenters. The van der Waals surface area contributed by atoms with Crippen molar-refractivity contribution in [2.75, 3.05) is 22.9 Å². The third kappa shape index (κ3) is 6.39. The average molecular weight is 497 g/mol. The number of thiophene rings is 1. The van der Waals surface area contributed by atoms with Crippen LogP contribution in [-0.4, -0.2) is 48.4 Å². The van der Waals surface area contributed by atoms with E-state index in [-0.39, 0.29) is 29.3 Å². The minimum absolute atomic E-state index is 0.123. The number of hydrogen-bond donors (Lipinski definition) is 3. The van der Waals surface area contributed by atoms with Gasteiger partial charge in [0, 0.05) is 21.2 Å². The second-order valence-corrected chi connectivity index (χ2v) is 10.4. The lowest BCUT2D eigenvalue weighted by molar-refractivity contribution is 0.103. The molecule has 9 nitrogen and oxygen atoms in total. The summed E-state index contributed by atoms with van der Waals surface area (Å²) in [6.07, 6.45) is 3.67. The molecule has 2 heterocycles. The maximum Gasteiger partial charge on any atom is 0.265 e. The van der Waals surface area contributed by atoms with E-state index in [9.17, 15) is 13.2 Å². The summed E-state index contributed by atoms with van der Waals surface area (Å²) in [4.78, 5) is 22.6. The summed E-state index contributed by atoms with van der Waals surface area (Å²) in [5.74, 6) is 0.485. The van der Waals surface area contributed by atoms with Crippen LogP contribution in [-0.2, 0) is 10.0 Å². The molecule has 1 amide bonds. The first-order chi connectivity index (χ1) is 15.0. The fourth-order valence-corrected chi connectivity index (χ4v) is 4.42. The standard InChI is InChI=1S/C20H21ClN4O5S2/c1-11(10-26)30-16-8-22-19(23-9-16)17-7-18(31-12(17)2)20(27)24-14-4-13(21)5-15(6-14)25-32(3,28)29/h4-9,11,25-26H,10H2,1-3H3,(H,24,27). The van der Waals surface area contributed by atoms with Crippen LogP contribution >= 0.6 is 22.9 Å². The highest BCUT2D eigenvalue weighted by Crippen LogP contribution is 2.30. The first kappa shape index (κ1) is 23.9. The highest BCUT2D eigenvalue weighted by Gasteiger charge is 2.17. The Morgan fingerprint density at radius 1 is 1.22 bits per heavy atom. The molecule has 0 radical (unpaired) electrons. The average Bonchev–Trinajstić information content (AvgIpc) is 3.08. The van der Waals surface area contributed by atoms with Crippen LogP contribution in [0.4, 0.5) is 11.4 Å². The zero-order valence-electron chi connectivity index (χ0n) is 17.4. The van der Waals surface area contributed by atoms with Crippen LogP contribution in [0.5, 0.6) is 5.75 Å². The number of aryl methyl sites for hydroxylation is 1. The number of carbonyl (C=O) groups excluding carboxylic acids is 1. The van der Waals surface area contributed by atoms with Gasteiger partial charge in [-0.3, -0.25) is 9.52 Å². The Morgan fingerprint density at radius 3 is 2.50 bits per heavy atom. The lowest BCUT2D eigenvalue weighted by atomic mass is 10.2. The monoisotopic (exact) mass is 496 g/mol. The summed E-state index contributed by atoms with van der Waals surface area (Å²) in [6.45, 7) is 3.45. The second kappa shape index (κ2) is 9.82. The smallest absolute Gasteiger partial charge is 0.265 e. The van der Waals surface area contributed by atoms with E-state index < -0.39 is 10.0 Å². The third-order valence-corrected chi connectivity index (χ3v) is 5.94. The van der Waals surface area contributed by atoms with Gasteiger partial charge in [0.1, 0.15) is 6.10 Å². The molecule has 1 aromatic carbocycles. The minimum atomic E-state index is -3.49. The van der Waals surface area contributed by atoms with Gasteiger partial charge >= 0.3 is 0 Å². The largest absolute Gasteiger partial charge is 0.485 e. The van der Waals surface area contributed by atoms with Crippen molar-refractivity contribution in [1.82, 2.24) is 9.97 Å². The number of nitrogens with one attached hydrogen (secondary N) is 2. The second-order valence-electron chi connectivity index (χ2n) is 6.99. The Kier molecular flexibility index (Phi) is 7.34. The first-order valence-electron chi connectivity index (χ1n) is 9.34. The Bertz CT molecular complexity index is 1230. The molecule has 0 saturated heterocycles. The molecule has 32 heavy (non-hydrogen) atoms. The Morgan fingerprint density at radius 2 is 1.88 bits per heavy atom. The lowest BCUT2D eigenvalue weighted by Crippen LogP contribution is -2.16. The third-order valence-electron chi connectivity index (χ3n) is 4.06. The molecule has 3 aromatic rings. The van der Waals surface area contributed by atoms with E-state index in [0.29, 0.717) is 27.7 Å². The highest BCUT2D eigenvalue weighted by molar-refractivity contribution is 7.92. The summed E-state index contributed by atoms with van der Waals surface area (Å²) in [7, 11) is -3.49. The molecule has 0 aliphatic rings. The molecule has 0 saturated carbocycles. The molecule has 0 fully saturated rings. The predicted octanol–water partition coefficient (Wildman–Crippen LogP) is 3.55. The normalized spacial score (nSPS) is 12.3. The predicted molar refractivity (Wildman–Crippen MR) is 125 cm³/mol. The maximum absolute atomic E-state index is 12.8. The number of rotatable bonds is 8. The first-order valence-corrected chi connectivity index (χ1v) is 12.4. The van der Waals surface area contributed by atoms with Gasteiger partial charge in [0.15, 0.2) is 11.6 Å². The van der Waals surface area contributed by atoms with Crippen LogP contribution in [0, 0.1) is 6.92 Å². The number of anilines is 2. The molecule has 0 aliphatic heterocycles. The highest BCUT2D eigenvalue weighted by atomic mass is 35.5. The number of aliphatic hydroxyl groups is 1. The van der Waals surface area contributed by atoms with Crippen LogP contribution in [0.25, 0.3) is 11.4 Å². The fraction of sp³-hybridized carbons (Fsp3) is 0.250. The maximum atomic E-state index is 12.8. The summed E-state index contributed by atoms with van der Waals surface area (Å²) in [5, 5.41) is 12.1. The van der Waals surface area contributed by atoms with E-state index in [1.54, 1.807) is 13.0 Å². The molecule has 3 rings (SSSR count). The van der Waals surface area contributed by atoms with Crippen LogP contribution in [0.1, 0.15) is 21.5 Å². The molecular formula is C20H21ClN4O5S2. The minimum Gasteiger partial charge on any atom is -0.485 e. The zero-order valence-corrected chi connectivity index (χ0v) is 19.8. The van der Waals surface area contributed by atoms with Gasteiger partial charge in [-0.1, -0.05) is 11.6 Å². The van der Waals surface area contributed by atoms with E-state index >= 15 is 0 Å². The van der Waals surface area contributed by atoms with Gasteiger partial charge in [0.05, 0.1) is 35.8 Å². The fourth-order valence-electron chi connectivity index (χ4n) is 2.73. The molecule has 0 bridgehead atoms. The van der Waals surface area contributed by atoms with Gasteiger partial charge in [-0.2, -0.15) is 0 Å². The molecule has 170 valence electrons. The van der Waals surface area contributed by atoms with E-state index in [1.165, 1.54) is 41.9 Å². The van der Waals surface area contributed by atoms with Crippen molar-refractivity contribution in [2.24, 2.45) is 0 Å². The van der Waals surface area contributed by atoms with E-state index in [0.717, 1.165) is 11.1 Å². The molecule has 2 aromatic heterocycles. The topological polar surface area (TPSA) is 131 Å². The number of nitrogens with zero attached hydrogens (tertiary/aromatic N) is 2. The van der Waals surface area contributed by atoms with Gasteiger partial charge in [-0.25, -0.2) is 18.4 Å². The molecule has 12 heteroatoms. The number of aromatic nitrogens is 2. The lowest BCUT2D eigenvalue weighted by Gasteiger charge is -2.11. The van der Waals surface area contributed by atoms with Crippen LogP contribution in [0.15, 0.2) is 36.7 Å². The van der Waals surface area contributed by atoms with Crippen molar-refractivity contribution in [3.05, 3.63) is 51.4 Å². The van der Waals surface area contributed by atoms with Gasteiger partial charge in [0.2, 0.25) is 10.0 Å². The van der Waals surface area contributed by atoms with Crippen LogP contribution in [0.3, 0.4) is 0 Å². The summed E-state index contributed by atoms with van der Waals surface area (Å²) in [6, 6.07) is 6.12. The Balaban J connectivity index is 1.78. The van der Waals surface area contributed by atoms with Gasteiger partial charge in [-0.05, 0) is 38.1 Å². The number of amides is 1. The molecule has 0 aliphatic carbocycles. The summed E-state index contributed by atoms with van der Waals surface area (Å²) >= 11 is 7.32. The molecule has 1 unspecified atom stereocenters. The zero-order chi connectivity index (χ0) is 23.5. The van der Waals surface area contributed by atoms with Gasteiger partial charge in [-0.15, -0.1) is 11.3 Å². The summed E-state index contributed by atoms with van der Waals surface area (Å²) in [5.41, 5.74) is 1.29. The number of sulfonamides is 1. The number of aliphatic hydroxyl groups excluding tert-OH is 1. The molecule has 3 N–H and O–H groups in total. The number of ether oxygens (including phenoxy) is 1. The molecular weight excluding hydrogens is 476 g/mol. The van der Waals surface area contributed by atoms with Crippen molar-refractivity contribution < 1.29 is 23.1 Å². The van der Waals surface area contributed by atoms with E-state index in [1.807, 2.05) is 6.92 Å². The number of hydrogen-bond acceptors (Lipinski definition) is 8. The number of benzene rings is 1. The summed E-state index contributed by atoms with van der Waals surface area (Å²) < 4.78 is 30.7. The quantitative estimate of drug-likeness (QED) is 0.434. The van der Waals surface area contributed by atoms with Gasteiger partial charge < -0.3 is 15.2 Å². The Labute approximate surface area is 194 Å². The van der Waals surface area contributed by atoms with Crippen molar-refractivity contribution in [2.45, 2.75) is 20.0 Å². The Hall–Kier alpha value is -2.73. The van der Waals surface area contributed by atoms with Gasteiger partial charge in [0.25, 0.3) is 5.91 Å². The van der Waals surface area contributed by atoms with E-state index in [2.05, 4.69) is 20.0 Å². The van der Waals surface area contributed by atoms with E-state index in [4.69, 9.17) is 21.4 Å². The van der Waals surface area contributed by atoms with Crippen molar-refractivity contribution in [3.8, 4) is 17.1 Å². The number of halogens is 1. The molecule has 0 spiro atoms. The van der Waals surface area contributed by atoms with Crippen molar-refractivity contribution >= 4 is 50.2 Å².